The van der Waals surface area contributed by atoms with Gasteiger partial charge in [-0.25, -0.2) is 44.9 Å². The second-order valence-corrected chi connectivity index (χ2v) is 22.2. The third kappa shape index (κ3) is 14.0. The van der Waals surface area contributed by atoms with Crippen molar-refractivity contribution in [2.24, 2.45) is 0 Å². The number of benzene rings is 2. The zero-order chi connectivity index (χ0) is 66.2. The van der Waals surface area contributed by atoms with E-state index in [1.165, 1.54) is 6.26 Å². The van der Waals surface area contributed by atoms with Crippen molar-refractivity contribution in [3.8, 4) is 51.1 Å². The maximum absolute atomic E-state index is 5.91. The number of aromatic nitrogens is 18. The topological polar surface area (TPSA) is 421 Å². The molecule has 492 valence electrons. The smallest absolute Gasteiger partial charge is 0.224 e. The van der Waals surface area contributed by atoms with Crippen molar-refractivity contribution in [3.05, 3.63) is 116 Å². The van der Waals surface area contributed by atoms with Crippen LogP contribution in [-0.2, 0) is 18.9 Å². The lowest BCUT2D eigenvalue weighted by Gasteiger charge is -2.28. The van der Waals surface area contributed by atoms with Gasteiger partial charge in [0.2, 0.25) is 29.7 Å². The van der Waals surface area contributed by atoms with Crippen LogP contribution >= 0.6 is 0 Å². The number of morpholine rings is 4. The Morgan fingerprint density at radius 2 is 0.814 bits per heavy atom. The van der Waals surface area contributed by atoms with Crippen LogP contribution in [0.1, 0.15) is 5.56 Å². The van der Waals surface area contributed by atoms with Crippen molar-refractivity contribution in [2.75, 3.05) is 155 Å². The number of fused-ring (bicyclic) bond motifs is 5. The minimum Gasteiger partial charge on any atom is -0.481 e. The number of furan rings is 1. The van der Waals surface area contributed by atoms with Crippen molar-refractivity contribution < 1.29 is 32.6 Å². The molecule has 15 heterocycles. The first-order valence-corrected chi connectivity index (χ1v) is 31.0. The highest BCUT2D eigenvalue weighted by Gasteiger charge is 2.25. The van der Waals surface area contributed by atoms with Crippen LogP contribution in [0.3, 0.4) is 0 Å². The molecule has 8 N–H and O–H groups in total. The number of nitrogens with two attached hydrogens (primary N) is 4. The highest BCUT2D eigenvalue weighted by Crippen LogP contribution is 2.33. The van der Waals surface area contributed by atoms with Crippen LogP contribution < -0.4 is 47.3 Å². The van der Waals surface area contributed by atoms with Gasteiger partial charge in [-0.1, -0.05) is 47.6 Å². The van der Waals surface area contributed by atoms with E-state index in [2.05, 4.69) is 108 Å². The number of para-hydroxylation sites is 1. The van der Waals surface area contributed by atoms with Crippen LogP contribution in [0.15, 0.2) is 119 Å². The molecule has 97 heavy (non-hydrogen) atoms. The van der Waals surface area contributed by atoms with Crippen molar-refractivity contribution >= 4 is 103 Å². The van der Waals surface area contributed by atoms with E-state index in [1.807, 2.05) is 54.6 Å². The molecule has 4 fully saturated rings. The Kier molecular flexibility index (Phi) is 18.3. The van der Waals surface area contributed by atoms with E-state index in [-0.39, 0.29) is 23.8 Å². The molecule has 0 saturated carbocycles. The average Bonchev–Trinajstić information content (AvgIpc) is 1.46. The van der Waals surface area contributed by atoms with E-state index >= 15 is 0 Å². The fourth-order valence-electron chi connectivity index (χ4n) is 11.1. The Morgan fingerprint density at radius 3 is 1.24 bits per heavy atom. The molecule has 17 rings (SSSR count). The number of anilines is 8. The molecule has 33 nitrogen and oxygen atoms in total. The van der Waals surface area contributed by atoms with Crippen LogP contribution in [0, 0.1) is 6.92 Å². The van der Waals surface area contributed by atoms with Gasteiger partial charge >= 0.3 is 0 Å². The van der Waals surface area contributed by atoms with E-state index < -0.39 is 0 Å². The molecule has 0 amide bonds. The third-order valence-corrected chi connectivity index (χ3v) is 15.9. The number of nitrogens with zero attached hydrogens (tertiary/aromatic N) is 22. The van der Waals surface area contributed by atoms with Crippen molar-refractivity contribution in [2.45, 2.75) is 6.92 Å². The second-order valence-electron chi connectivity index (χ2n) is 22.2. The van der Waals surface area contributed by atoms with Crippen molar-refractivity contribution in [1.82, 2.24) is 89.9 Å². The molecule has 4 aliphatic heterocycles. The summed E-state index contributed by atoms with van der Waals surface area (Å²) in [6.45, 7) is 13.1. The quantitative estimate of drug-likeness (QED) is 0.139. The Bertz CT molecular complexity index is 4880. The third-order valence-electron chi connectivity index (χ3n) is 15.9. The number of hydrogen-bond donors (Lipinski definition) is 4. The maximum Gasteiger partial charge on any atom is 0.224 e. The van der Waals surface area contributed by atoms with Crippen LogP contribution in [0.4, 0.5) is 47.1 Å². The number of hydrogen-bond acceptors (Lipinski definition) is 33. The number of aryl methyl sites for hydroxylation is 1. The largest absolute Gasteiger partial charge is 0.481 e. The Balaban J connectivity index is 0.000000111. The maximum atomic E-state index is 5.91. The molecule has 0 radical (unpaired) electrons. The molecule has 0 spiro atoms. The molecule has 11 aromatic heterocycles. The van der Waals surface area contributed by atoms with Crippen molar-refractivity contribution in [1.29, 1.82) is 0 Å². The predicted octanol–water partition coefficient (Wildman–Crippen LogP) is 5.47. The Labute approximate surface area is 551 Å². The van der Waals surface area contributed by atoms with E-state index in [4.69, 9.17) is 70.5 Å². The minimum absolute atomic E-state index is 0.181. The summed E-state index contributed by atoms with van der Waals surface area (Å²) >= 11 is 0. The standard InChI is InChI=1S/C18H16N6O2.C17H18N6O.C16H17N7O2.C13H13N7O2/c19-18-22-16-15(17(23-18)24-5-7-25-8-6-24)21-12(10-20-16)14-9-11-3-1-2-4-13(11)26-14;1-11-4-2-3-5-12(11)13-10-19-15-14(20-13)16(22-17(18)21-15)23-6-8-24-9-7-23;1-24-12-3-2-10(8-18-12)11-9-19-14-13(20-11)15(22-16(17)21-14)23-4-6-25-7-5-23;14-13-18-11-10(12(19-13)20-1-3-21-4-2-20)17-9(6-15-11)8-5-16-22-7-8/h1-4,9-10H,5-8H2,(H2,19,20,22,23);2-5,10H,6-9H2,1H3,(H2,18,19,21,22);2-3,8-9H,4-7H2,1H3,(H2,17,19,21,22);5-7H,1-4H2,(H2,14,15,18,19). The lowest BCUT2D eigenvalue weighted by atomic mass is 10.1. The summed E-state index contributed by atoms with van der Waals surface area (Å²) in [6.07, 6.45) is 11.5. The van der Waals surface area contributed by atoms with Crippen LogP contribution in [0.25, 0.3) is 101 Å². The van der Waals surface area contributed by atoms with E-state index in [0.717, 1.165) is 97.1 Å². The fraction of sp³-hybridized carbons (Fsp3) is 0.281. The lowest BCUT2D eigenvalue weighted by molar-refractivity contribution is 0.122. The molecule has 13 aromatic rings. The Morgan fingerprint density at radius 1 is 0.402 bits per heavy atom. The summed E-state index contributed by atoms with van der Waals surface area (Å²) in [5, 5.41) is 4.70. The van der Waals surface area contributed by atoms with Gasteiger partial charge in [0.1, 0.15) is 17.5 Å². The second kappa shape index (κ2) is 28.3. The number of methoxy groups -OCH3 is 1. The van der Waals surface area contributed by atoms with E-state index in [9.17, 15) is 0 Å². The first-order chi connectivity index (χ1) is 47.5. The first-order valence-electron chi connectivity index (χ1n) is 31.0. The summed E-state index contributed by atoms with van der Waals surface area (Å²) in [7, 11) is 1.58. The number of ether oxygens (including phenoxy) is 5. The highest BCUT2D eigenvalue weighted by atomic mass is 16.5. The summed E-state index contributed by atoms with van der Waals surface area (Å²) in [6, 6.07) is 21.6. The monoisotopic (exact) mass is 1310 g/mol. The highest BCUT2D eigenvalue weighted by molar-refractivity contribution is 5.90. The Hall–Kier alpha value is -11.9. The van der Waals surface area contributed by atoms with Crippen LogP contribution in [-0.4, -0.2) is 202 Å². The molecule has 2 aromatic carbocycles. The summed E-state index contributed by atoms with van der Waals surface area (Å²) in [5.74, 6) is 4.73. The number of nitrogen functional groups attached to an aromatic ring is 4. The summed E-state index contributed by atoms with van der Waals surface area (Å²) in [5.41, 5.74) is 35.2. The summed E-state index contributed by atoms with van der Waals surface area (Å²) < 4.78 is 37.5. The van der Waals surface area contributed by atoms with E-state index in [1.54, 1.807) is 50.4 Å². The van der Waals surface area contributed by atoms with Crippen molar-refractivity contribution in [3.63, 3.8) is 0 Å². The van der Waals surface area contributed by atoms with Gasteiger partial charge < -0.3 is 75.2 Å². The van der Waals surface area contributed by atoms with Crippen LogP contribution in [0.5, 0.6) is 5.88 Å². The zero-order valence-electron chi connectivity index (χ0n) is 52.7. The lowest BCUT2D eigenvalue weighted by Crippen LogP contribution is -2.37. The number of pyridine rings is 1. The van der Waals surface area contributed by atoms with Gasteiger partial charge in [-0.3, -0.25) is 0 Å². The predicted molar refractivity (Wildman–Crippen MR) is 361 cm³/mol. The molecule has 0 bridgehead atoms. The van der Waals surface area contributed by atoms with Gasteiger partial charge in [0.05, 0.1) is 114 Å². The van der Waals surface area contributed by atoms with Crippen LogP contribution in [0.2, 0.25) is 0 Å². The molecular formula is C64H64N26O7. The van der Waals surface area contributed by atoms with Gasteiger partial charge in [-0.15, -0.1) is 0 Å². The fourth-order valence-corrected chi connectivity index (χ4v) is 11.1. The molecule has 33 heteroatoms. The van der Waals surface area contributed by atoms with Gasteiger partial charge in [-0.2, -0.15) is 39.9 Å². The normalized spacial score (nSPS) is 15.0. The molecule has 0 unspecified atom stereocenters. The SMILES string of the molecule is COc1ccc(-c2cnc3nc(N)nc(N4CCOCC4)c3n2)cn1.Cc1ccccc1-c1cnc2nc(N)nc(N3CCOCC3)c2n1.Nc1nc(N2CCOCC2)c2nc(-c3cc4ccccc4o3)cnc2n1.Nc1nc(N2CCOCC2)c2nc(-c3cnoc3)cnc2n1. The molecule has 4 aliphatic rings. The van der Waals surface area contributed by atoms with Gasteiger partial charge in [0, 0.05) is 81.1 Å². The summed E-state index contributed by atoms with van der Waals surface area (Å²) in [4.78, 5) is 83.4. The molecule has 0 aliphatic carbocycles. The average molecular weight is 1310 g/mol. The van der Waals surface area contributed by atoms with Gasteiger partial charge in [0.15, 0.2) is 73.7 Å². The first kappa shape index (κ1) is 62.5. The van der Waals surface area contributed by atoms with Gasteiger partial charge in [-0.05, 0) is 30.7 Å². The van der Waals surface area contributed by atoms with E-state index in [0.29, 0.717) is 144 Å². The molecule has 0 atom stereocenters. The number of rotatable bonds is 9. The minimum atomic E-state index is 0.181. The zero-order valence-corrected chi connectivity index (χ0v) is 52.7. The van der Waals surface area contributed by atoms with Gasteiger partial charge in [0.25, 0.3) is 0 Å². The molecular weight excluding hydrogens is 1240 g/mol. The molecule has 4 saturated heterocycles.